The summed E-state index contributed by atoms with van der Waals surface area (Å²) in [4.78, 5) is 19.3. The number of aliphatic hydroxyl groups is 1. The quantitative estimate of drug-likeness (QED) is 0.883. The van der Waals surface area contributed by atoms with Crippen LogP contribution in [0.15, 0.2) is 23.0 Å². The minimum Gasteiger partial charge on any atom is -0.396 e. The summed E-state index contributed by atoms with van der Waals surface area (Å²) in [6, 6.07) is 5.98. The molecule has 0 atom stereocenters. The van der Waals surface area contributed by atoms with Gasteiger partial charge < -0.3 is 10.1 Å². The molecule has 4 heteroatoms. The molecule has 0 radical (unpaired) electrons. The van der Waals surface area contributed by atoms with E-state index in [1.807, 2.05) is 32.0 Å². The lowest BCUT2D eigenvalue weighted by atomic mass is 10.0. The van der Waals surface area contributed by atoms with Gasteiger partial charge in [-0.25, -0.2) is 4.98 Å². The van der Waals surface area contributed by atoms with Crippen LogP contribution in [0, 0.1) is 20.8 Å². The van der Waals surface area contributed by atoms with E-state index in [1.54, 1.807) is 6.92 Å². The van der Waals surface area contributed by atoms with Crippen molar-refractivity contribution in [2.75, 3.05) is 6.61 Å². The second-order valence-electron chi connectivity index (χ2n) is 4.72. The first-order chi connectivity index (χ1) is 9.04. The number of H-pyrrole nitrogens is 1. The number of aromatic nitrogens is 2. The molecule has 1 heterocycles. The molecular formula is C15H18N2O2. The van der Waals surface area contributed by atoms with Gasteiger partial charge in [-0.05, 0) is 31.9 Å². The standard InChI is InChI=1S/C15H18N2O2/c1-9-5-4-6-10(2)13(9)14-16-11(3)12(7-8-18)15(19)17-14/h4-6,18H,7-8H2,1-3H3,(H,16,17,19). The van der Waals surface area contributed by atoms with E-state index in [4.69, 9.17) is 5.11 Å². The smallest absolute Gasteiger partial charge is 0.254 e. The van der Waals surface area contributed by atoms with Crippen LogP contribution in [0.2, 0.25) is 0 Å². The fourth-order valence-corrected chi connectivity index (χ4v) is 2.32. The van der Waals surface area contributed by atoms with Crippen molar-refractivity contribution >= 4 is 0 Å². The van der Waals surface area contributed by atoms with Crippen LogP contribution in [-0.2, 0) is 6.42 Å². The Hall–Kier alpha value is -1.94. The minimum absolute atomic E-state index is 0.0473. The maximum Gasteiger partial charge on any atom is 0.254 e. The molecule has 1 aromatic heterocycles. The Morgan fingerprint density at radius 1 is 1.21 bits per heavy atom. The van der Waals surface area contributed by atoms with Crippen molar-refractivity contribution in [3.8, 4) is 11.4 Å². The molecule has 100 valence electrons. The van der Waals surface area contributed by atoms with E-state index < -0.39 is 0 Å². The van der Waals surface area contributed by atoms with Gasteiger partial charge >= 0.3 is 0 Å². The third-order valence-electron chi connectivity index (χ3n) is 3.30. The van der Waals surface area contributed by atoms with E-state index in [1.165, 1.54) is 0 Å². The number of hydrogen-bond acceptors (Lipinski definition) is 3. The second-order valence-corrected chi connectivity index (χ2v) is 4.72. The number of nitrogens with one attached hydrogen (secondary N) is 1. The molecule has 1 aromatic carbocycles. The highest BCUT2D eigenvalue weighted by Crippen LogP contribution is 2.23. The van der Waals surface area contributed by atoms with Gasteiger partial charge in [-0.2, -0.15) is 0 Å². The number of hydrogen-bond donors (Lipinski definition) is 2. The van der Waals surface area contributed by atoms with E-state index in [9.17, 15) is 4.79 Å². The molecule has 2 aromatic rings. The largest absolute Gasteiger partial charge is 0.396 e. The summed E-state index contributed by atoms with van der Waals surface area (Å²) in [5.41, 5.74) is 4.19. The first kappa shape index (κ1) is 13.5. The lowest BCUT2D eigenvalue weighted by molar-refractivity contribution is 0.298. The molecule has 0 unspecified atom stereocenters. The van der Waals surface area contributed by atoms with Crippen LogP contribution in [0.3, 0.4) is 0 Å². The fourth-order valence-electron chi connectivity index (χ4n) is 2.32. The van der Waals surface area contributed by atoms with Gasteiger partial charge in [-0.3, -0.25) is 4.79 Å². The molecule has 0 bridgehead atoms. The highest BCUT2D eigenvalue weighted by molar-refractivity contribution is 5.64. The van der Waals surface area contributed by atoms with Gasteiger partial charge in [0.05, 0.1) is 0 Å². The molecule has 19 heavy (non-hydrogen) atoms. The lowest BCUT2D eigenvalue weighted by Crippen LogP contribution is -2.19. The van der Waals surface area contributed by atoms with Crippen LogP contribution in [0.25, 0.3) is 11.4 Å². The van der Waals surface area contributed by atoms with Gasteiger partial charge in [0.25, 0.3) is 5.56 Å². The van der Waals surface area contributed by atoms with Gasteiger partial charge in [0.15, 0.2) is 0 Å². The van der Waals surface area contributed by atoms with Crippen molar-refractivity contribution < 1.29 is 5.11 Å². The molecule has 0 saturated carbocycles. The maximum atomic E-state index is 12.0. The fraction of sp³-hybridized carbons (Fsp3) is 0.333. The van der Waals surface area contributed by atoms with Gasteiger partial charge in [0, 0.05) is 29.8 Å². The molecule has 4 nitrogen and oxygen atoms in total. The van der Waals surface area contributed by atoms with E-state index in [-0.39, 0.29) is 12.2 Å². The molecule has 0 saturated heterocycles. The third-order valence-corrected chi connectivity index (χ3v) is 3.30. The number of aliphatic hydroxyl groups excluding tert-OH is 1. The number of aromatic amines is 1. The van der Waals surface area contributed by atoms with E-state index in [2.05, 4.69) is 9.97 Å². The summed E-state index contributed by atoms with van der Waals surface area (Å²) in [6.07, 6.45) is 0.335. The van der Waals surface area contributed by atoms with Crippen molar-refractivity contribution in [2.45, 2.75) is 27.2 Å². The number of aryl methyl sites for hydroxylation is 3. The molecule has 0 amide bonds. The van der Waals surface area contributed by atoms with Crippen LogP contribution in [0.4, 0.5) is 0 Å². The van der Waals surface area contributed by atoms with E-state index in [0.29, 0.717) is 23.5 Å². The van der Waals surface area contributed by atoms with Crippen molar-refractivity contribution in [1.82, 2.24) is 9.97 Å². The zero-order valence-corrected chi connectivity index (χ0v) is 11.4. The summed E-state index contributed by atoms with van der Waals surface area (Å²) < 4.78 is 0. The Morgan fingerprint density at radius 3 is 2.37 bits per heavy atom. The number of nitrogens with zero attached hydrogens (tertiary/aromatic N) is 1. The molecule has 2 N–H and O–H groups in total. The predicted octanol–water partition coefficient (Wildman–Crippen LogP) is 1.90. The summed E-state index contributed by atoms with van der Waals surface area (Å²) in [7, 11) is 0. The number of benzene rings is 1. The third kappa shape index (κ3) is 2.58. The topological polar surface area (TPSA) is 66.0 Å². The summed E-state index contributed by atoms with van der Waals surface area (Å²) in [5.74, 6) is 0.597. The SMILES string of the molecule is Cc1cccc(C)c1-c1nc(C)c(CCO)c(=O)[nH]1. The Balaban J connectivity index is 2.62. The van der Waals surface area contributed by atoms with Crippen LogP contribution in [-0.4, -0.2) is 21.7 Å². The molecule has 0 aliphatic carbocycles. The molecular weight excluding hydrogens is 240 g/mol. The average molecular weight is 258 g/mol. The van der Waals surface area contributed by atoms with Crippen molar-refractivity contribution in [1.29, 1.82) is 0 Å². The molecule has 2 rings (SSSR count). The molecule has 0 aliphatic rings. The molecule has 0 aliphatic heterocycles. The first-order valence-electron chi connectivity index (χ1n) is 6.32. The summed E-state index contributed by atoms with van der Waals surface area (Å²) in [6.45, 7) is 5.75. The molecule has 0 fully saturated rings. The Bertz CT molecular complexity index is 639. The minimum atomic E-state index is -0.167. The van der Waals surface area contributed by atoms with Crippen LogP contribution in [0.1, 0.15) is 22.4 Å². The number of rotatable bonds is 3. The van der Waals surface area contributed by atoms with Crippen molar-refractivity contribution in [3.05, 3.63) is 50.9 Å². The van der Waals surface area contributed by atoms with Crippen LogP contribution >= 0.6 is 0 Å². The van der Waals surface area contributed by atoms with Crippen LogP contribution in [0.5, 0.6) is 0 Å². The summed E-state index contributed by atoms with van der Waals surface area (Å²) in [5, 5.41) is 8.96. The Morgan fingerprint density at radius 2 is 1.84 bits per heavy atom. The van der Waals surface area contributed by atoms with E-state index >= 15 is 0 Å². The first-order valence-corrected chi connectivity index (χ1v) is 6.32. The lowest BCUT2D eigenvalue weighted by Gasteiger charge is -2.11. The van der Waals surface area contributed by atoms with E-state index in [0.717, 1.165) is 16.7 Å². The Kier molecular flexibility index (Phi) is 3.81. The monoisotopic (exact) mass is 258 g/mol. The summed E-state index contributed by atoms with van der Waals surface area (Å²) >= 11 is 0. The second kappa shape index (κ2) is 5.36. The zero-order valence-electron chi connectivity index (χ0n) is 11.4. The highest BCUT2D eigenvalue weighted by Gasteiger charge is 2.12. The van der Waals surface area contributed by atoms with Gasteiger partial charge in [-0.15, -0.1) is 0 Å². The van der Waals surface area contributed by atoms with Crippen molar-refractivity contribution in [2.24, 2.45) is 0 Å². The Labute approximate surface area is 112 Å². The molecule has 0 spiro atoms. The zero-order chi connectivity index (χ0) is 14.0. The van der Waals surface area contributed by atoms with Crippen LogP contribution < -0.4 is 5.56 Å². The highest BCUT2D eigenvalue weighted by atomic mass is 16.3. The van der Waals surface area contributed by atoms with Crippen molar-refractivity contribution in [3.63, 3.8) is 0 Å². The maximum absolute atomic E-state index is 12.0. The average Bonchev–Trinajstić information content (AvgIpc) is 2.33. The normalized spacial score (nSPS) is 10.7. The van der Waals surface area contributed by atoms with Gasteiger partial charge in [0.1, 0.15) is 5.82 Å². The predicted molar refractivity (Wildman–Crippen MR) is 75.3 cm³/mol. The van der Waals surface area contributed by atoms with Gasteiger partial charge in [-0.1, -0.05) is 18.2 Å². The van der Waals surface area contributed by atoms with Gasteiger partial charge in [0.2, 0.25) is 0 Å².